The molecule has 1 aromatic carbocycles. The Hall–Kier alpha value is -4.68. The molecule has 5 rings (SSSR count). The van der Waals surface area contributed by atoms with Crippen LogP contribution in [0.2, 0.25) is 0 Å². The van der Waals surface area contributed by atoms with Gasteiger partial charge < -0.3 is 20.1 Å². The van der Waals surface area contributed by atoms with Crippen molar-refractivity contribution in [2.45, 2.75) is 32.4 Å². The van der Waals surface area contributed by atoms with Gasteiger partial charge in [0.25, 0.3) is 23.8 Å². The van der Waals surface area contributed by atoms with E-state index in [1.54, 1.807) is 42.6 Å². The molecule has 1 fully saturated rings. The largest absolute Gasteiger partial charge is 0.353 e. The lowest BCUT2D eigenvalue weighted by Gasteiger charge is -2.18. The van der Waals surface area contributed by atoms with E-state index in [9.17, 15) is 27.6 Å². The Morgan fingerprint density at radius 1 is 1.07 bits per heavy atom. The zero-order chi connectivity index (χ0) is 28.6. The van der Waals surface area contributed by atoms with Crippen LogP contribution in [0.1, 0.15) is 34.2 Å². The third-order valence-corrected chi connectivity index (χ3v) is 6.18. The number of pyridine rings is 1. The number of nitrogens with zero attached hydrogens (tertiary/aromatic N) is 5. The summed E-state index contributed by atoms with van der Waals surface area (Å²) in [7, 11) is 0. The number of anilines is 1. The predicted octanol–water partition coefficient (Wildman–Crippen LogP) is 2.74. The number of aryl methyl sites for hydroxylation is 1. The summed E-state index contributed by atoms with van der Waals surface area (Å²) in [5.74, 6) is -0.749. The number of amides is 2. The maximum Gasteiger partial charge on any atom is 0.271 e. The number of imidazole rings is 1. The van der Waals surface area contributed by atoms with Gasteiger partial charge in [0.15, 0.2) is 11.3 Å². The summed E-state index contributed by atoms with van der Waals surface area (Å²) in [4.78, 5) is 43.2. The van der Waals surface area contributed by atoms with Crippen molar-refractivity contribution in [3.8, 4) is 0 Å². The highest BCUT2D eigenvalue weighted by molar-refractivity contribution is 5.94. The van der Waals surface area contributed by atoms with Crippen molar-refractivity contribution in [2.75, 3.05) is 24.5 Å². The minimum Gasteiger partial charge on any atom is -0.353 e. The third-order valence-electron chi connectivity index (χ3n) is 6.18. The van der Waals surface area contributed by atoms with Crippen molar-refractivity contribution in [3.05, 3.63) is 94.4 Å². The number of aromatic nitrogens is 4. The Labute approximate surface area is 227 Å². The van der Waals surface area contributed by atoms with Gasteiger partial charge in [-0.1, -0.05) is 18.2 Å². The summed E-state index contributed by atoms with van der Waals surface area (Å²) in [6.45, 7) is 2.60. The van der Waals surface area contributed by atoms with Crippen LogP contribution in [0.15, 0.2) is 71.8 Å². The van der Waals surface area contributed by atoms with Crippen LogP contribution in [-0.2, 0) is 6.54 Å². The van der Waals surface area contributed by atoms with Crippen LogP contribution in [0.5, 0.6) is 0 Å². The van der Waals surface area contributed by atoms with Gasteiger partial charge in [0, 0.05) is 31.9 Å². The van der Waals surface area contributed by atoms with Gasteiger partial charge in [-0.2, -0.15) is 0 Å². The number of halogens is 3. The van der Waals surface area contributed by atoms with Crippen LogP contribution in [0, 0.1) is 5.82 Å². The number of nitrogens with one attached hydrogen (secondary N) is 2. The molecule has 1 atom stereocenters. The lowest BCUT2D eigenvalue weighted by atomic mass is 10.2. The minimum atomic E-state index is -2.66. The molecule has 0 spiro atoms. The molecule has 0 aliphatic carbocycles. The zero-order valence-electron chi connectivity index (χ0n) is 21.6. The second kappa shape index (κ2) is 12.9. The third kappa shape index (κ3) is 6.84. The first-order chi connectivity index (χ1) is 19.3. The first-order valence-corrected chi connectivity index (χ1v) is 12.6. The molecular formula is C27H28F3N7O3. The Kier molecular flexibility index (Phi) is 9.15. The fraction of sp³-hybridized carbons (Fsp3) is 0.296. The molecule has 0 unspecified atom stereocenters. The molecule has 1 aliphatic rings. The summed E-state index contributed by atoms with van der Waals surface area (Å²) >= 11 is 0. The molecule has 3 aromatic heterocycles. The van der Waals surface area contributed by atoms with Gasteiger partial charge in [-0.05, 0) is 49.7 Å². The molecule has 40 heavy (non-hydrogen) atoms. The molecule has 4 aromatic rings. The monoisotopic (exact) mass is 555 g/mol. The Balaban J connectivity index is 0.000000461. The van der Waals surface area contributed by atoms with Crippen molar-refractivity contribution in [1.82, 2.24) is 29.8 Å². The summed E-state index contributed by atoms with van der Waals surface area (Å²) in [5.41, 5.74) is 0.210. The summed E-state index contributed by atoms with van der Waals surface area (Å²) < 4.78 is 39.5. The van der Waals surface area contributed by atoms with E-state index in [0.29, 0.717) is 37.5 Å². The molecule has 4 heterocycles. The number of carbonyl (C=O) groups is 2. The second-order valence-corrected chi connectivity index (χ2v) is 8.92. The highest BCUT2D eigenvalue weighted by Gasteiger charge is 2.27. The standard InChI is InChI=1S/C21H23F2N7O3.C6H5F/c1-2-28-8-3-4-14(21(28)33)19(31)26-13-7-9-29(12-13)18-6-5-17-24-10-15(30(17)27-18)20(32)25-11-16(22)23;7-6-4-2-1-3-5-6/h3-6,8,10,13,16H,2,7,9,11-12H2,1H3,(H,25,32)(H,26,31);1-5H/t13-;/m0./s1. The van der Waals surface area contributed by atoms with Crippen molar-refractivity contribution >= 4 is 23.3 Å². The van der Waals surface area contributed by atoms with Crippen molar-refractivity contribution in [1.29, 1.82) is 0 Å². The molecule has 0 radical (unpaired) electrons. The van der Waals surface area contributed by atoms with E-state index in [2.05, 4.69) is 20.7 Å². The molecule has 13 heteroatoms. The number of rotatable bonds is 7. The molecule has 1 aliphatic heterocycles. The number of fused-ring (bicyclic) bond motifs is 1. The Morgan fingerprint density at radius 2 is 1.85 bits per heavy atom. The van der Waals surface area contributed by atoms with E-state index in [4.69, 9.17) is 0 Å². The Morgan fingerprint density at radius 3 is 2.52 bits per heavy atom. The first-order valence-electron chi connectivity index (χ1n) is 12.6. The summed E-state index contributed by atoms with van der Waals surface area (Å²) in [6, 6.07) is 14.3. The summed E-state index contributed by atoms with van der Waals surface area (Å²) in [6.07, 6.45) is 0.902. The molecule has 2 amide bonds. The Bertz CT molecular complexity index is 1520. The topological polar surface area (TPSA) is 114 Å². The van der Waals surface area contributed by atoms with Crippen LogP contribution in [0.3, 0.4) is 0 Å². The fourth-order valence-electron chi connectivity index (χ4n) is 4.17. The van der Waals surface area contributed by atoms with Gasteiger partial charge in [-0.15, -0.1) is 5.10 Å². The van der Waals surface area contributed by atoms with Gasteiger partial charge in [-0.25, -0.2) is 22.7 Å². The van der Waals surface area contributed by atoms with Crippen LogP contribution in [-0.4, -0.2) is 63.1 Å². The number of alkyl halides is 2. The highest BCUT2D eigenvalue weighted by Crippen LogP contribution is 2.19. The average Bonchev–Trinajstić information content (AvgIpc) is 3.59. The molecule has 0 bridgehead atoms. The molecule has 210 valence electrons. The number of carbonyl (C=O) groups excluding carboxylic acids is 2. The van der Waals surface area contributed by atoms with E-state index in [-0.39, 0.29) is 28.7 Å². The molecule has 0 saturated carbocycles. The lowest BCUT2D eigenvalue weighted by Crippen LogP contribution is -2.40. The molecular weight excluding hydrogens is 527 g/mol. The number of benzene rings is 1. The minimum absolute atomic E-state index is 0.0489. The SMILES string of the molecule is CCn1cccc(C(=O)N[C@H]2CCN(c3ccc4ncc(C(=O)NCC(F)F)n4n3)C2)c1=O.Fc1ccccc1. The van der Waals surface area contributed by atoms with Crippen LogP contribution in [0.4, 0.5) is 19.0 Å². The van der Waals surface area contributed by atoms with E-state index in [1.165, 1.54) is 33.5 Å². The van der Waals surface area contributed by atoms with E-state index in [0.717, 1.165) is 0 Å². The maximum atomic E-state index is 12.6. The van der Waals surface area contributed by atoms with Crippen LogP contribution < -0.4 is 21.1 Å². The fourth-order valence-corrected chi connectivity index (χ4v) is 4.17. The highest BCUT2D eigenvalue weighted by atomic mass is 19.3. The molecule has 1 saturated heterocycles. The number of hydrogen-bond donors (Lipinski definition) is 2. The molecule has 2 N–H and O–H groups in total. The molecule has 10 nitrogen and oxygen atoms in total. The van der Waals surface area contributed by atoms with E-state index >= 15 is 0 Å². The zero-order valence-corrected chi connectivity index (χ0v) is 21.6. The van der Waals surface area contributed by atoms with Gasteiger partial charge in [0.05, 0.1) is 12.7 Å². The quantitative estimate of drug-likeness (QED) is 0.363. The van der Waals surface area contributed by atoms with Crippen LogP contribution >= 0.6 is 0 Å². The lowest BCUT2D eigenvalue weighted by molar-refractivity contribution is 0.0884. The van der Waals surface area contributed by atoms with Gasteiger partial charge in [0.2, 0.25) is 0 Å². The number of hydrogen-bond acceptors (Lipinski definition) is 6. The van der Waals surface area contributed by atoms with Crippen molar-refractivity contribution in [3.63, 3.8) is 0 Å². The van der Waals surface area contributed by atoms with Crippen LogP contribution in [0.25, 0.3) is 5.65 Å². The first kappa shape index (κ1) is 28.3. The predicted molar refractivity (Wildman–Crippen MR) is 142 cm³/mol. The summed E-state index contributed by atoms with van der Waals surface area (Å²) in [5, 5.41) is 9.48. The van der Waals surface area contributed by atoms with Gasteiger partial charge in [0.1, 0.15) is 17.2 Å². The van der Waals surface area contributed by atoms with E-state index in [1.807, 2.05) is 11.8 Å². The van der Waals surface area contributed by atoms with Crippen molar-refractivity contribution in [2.24, 2.45) is 0 Å². The second-order valence-electron chi connectivity index (χ2n) is 8.92. The van der Waals surface area contributed by atoms with Crippen molar-refractivity contribution < 1.29 is 22.8 Å². The van der Waals surface area contributed by atoms with E-state index < -0.39 is 24.8 Å². The average molecular weight is 556 g/mol. The maximum absolute atomic E-state index is 12.6. The van der Waals surface area contributed by atoms with Gasteiger partial charge >= 0.3 is 0 Å². The normalized spacial score (nSPS) is 14.6. The smallest absolute Gasteiger partial charge is 0.271 e. The van der Waals surface area contributed by atoms with Gasteiger partial charge in [-0.3, -0.25) is 14.4 Å².